The molecular formula is C8H14N2O5. The standard InChI is InChI=1S/C8H14N2O5/c1-15-3-2-7(12)10-5(8(13)14)4-6(9)11/h5H,2-4H2,1H3,(H2,9,11)(H,10,12)(H,13,14)/t5-/m0/s1. The van der Waals surface area contributed by atoms with Crippen LogP contribution in [0.4, 0.5) is 0 Å². The zero-order valence-corrected chi connectivity index (χ0v) is 8.36. The molecule has 0 rings (SSSR count). The van der Waals surface area contributed by atoms with Gasteiger partial charge in [-0.05, 0) is 0 Å². The zero-order valence-electron chi connectivity index (χ0n) is 8.36. The third-order valence-corrected chi connectivity index (χ3v) is 1.57. The second-order valence-electron chi connectivity index (χ2n) is 2.87. The van der Waals surface area contributed by atoms with Gasteiger partial charge in [0.2, 0.25) is 11.8 Å². The first kappa shape index (κ1) is 13.4. The van der Waals surface area contributed by atoms with Crippen LogP contribution in [0.2, 0.25) is 0 Å². The average Bonchev–Trinajstić information content (AvgIpc) is 2.12. The van der Waals surface area contributed by atoms with Crippen molar-refractivity contribution in [3.63, 3.8) is 0 Å². The first-order valence-corrected chi connectivity index (χ1v) is 4.26. The molecule has 15 heavy (non-hydrogen) atoms. The molecule has 7 heteroatoms. The summed E-state index contributed by atoms with van der Waals surface area (Å²) >= 11 is 0. The molecule has 0 radical (unpaired) electrons. The Morgan fingerprint density at radius 3 is 2.47 bits per heavy atom. The minimum Gasteiger partial charge on any atom is -0.480 e. The van der Waals surface area contributed by atoms with Gasteiger partial charge in [0.15, 0.2) is 0 Å². The van der Waals surface area contributed by atoms with Gasteiger partial charge < -0.3 is 20.9 Å². The number of amides is 2. The van der Waals surface area contributed by atoms with Gasteiger partial charge in [0.25, 0.3) is 0 Å². The fourth-order valence-electron chi connectivity index (χ4n) is 0.863. The summed E-state index contributed by atoms with van der Waals surface area (Å²) in [6.07, 6.45) is -0.382. The van der Waals surface area contributed by atoms with Crippen molar-refractivity contribution >= 4 is 17.8 Å². The van der Waals surface area contributed by atoms with Crippen molar-refractivity contribution < 1.29 is 24.2 Å². The van der Waals surface area contributed by atoms with E-state index in [4.69, 9.17) is 10.8 Å². The minimum atomic E-state index is -1.29. The lowest BCUT2D eigenvalue weighted by Gasteiger charge is -2.12. The zero-order chi connectivity index (χ0) is 11.8. The second kappa shape index (κ2) is 6.77. The van der Waals surface area contributed by atoms with Crippen LogP contribution in [0.1, 0.15) is 12.8 Å². The monoisotopic (exact) mass is 218 g/mol. The predicted octanol–water partition coefficient (Wildman–Crippen LogP) is -1.53. The summed E-state index contributed by atoms with van der Waals surface area (Å²) in [5, 5.41) is 10.8. The molecule has 0 unspecified atom stereocenters. The third kappa shape index (κ3) is 6.44. The molecule has 0 bridgehead atoms. The van der Waals surface area contributed by atoms with E-state index in [0.717, 1.165) is 0 Å². The summed E-state index contributed by atoms with van der Waals surface area (Å²) in [4.78, 5) is 32.2. The molecule has 0 spiro atoms. The molecule has 0 aromatic carbocycles. The maximum atomic E-state index is 11.1. The number of ether oxygens (including phenoxy) is 1. The Kier molecular flexibility index (Phi) is 6.03. The lowest BCUT2D eigenvalue weighted by molar-refractivity contribution is -0.143. The molecule has 0 heterocycles. The van der Waals surface area contributed by atoms with Crippen LogP contribution in [0.5, 0.6) is 0 Å². The predicted molar refractivity (Wildman–Crippen MR) is 49.9 cm³/mol. The van der Waals surface area contributed by atoms with Gasteiger partial charge in [-0.3, -0.25) is 9.59 Å². The van der Waals surface area contributed by atoms with Crippen molar-refractivity contribution in [3.05, 3.63) is 0 Å². The third-order valence-electron chi connectivity index (χ3n) is 1.57. The van der Waals surface area contributed by atoms with Crippen LogP contribution in [-0.4, -0.2) is 42.6 Å². The Morgan fingerprint density at radius 2 is 2.07 bits per heavy atom. The number of carboxylic acids is 1. The fourth-order valence-corrected chi connectivity index (χ4v) is 0.863. The molecule has 1 atom stereocenters. The van der Waals surface area contributed by atoms with Crippen molar-refractivity contribution in [2.45, 2.75) is 18.9 Å². The Morgan fingerprint density at radius 1 is 1.47 bits per heavy atom. The van der Waals surface area contributed by atoms with Gasteiger partial charge in [0.05, 0.1) is 13.0 Å². The summed E-state index contributed by atoms with van der Waals surface area (Å²) in [7, 11) is 1.42. The maximum Gasteiger partial charge on any atom is 0.326 e. The molecule has 7 nitrogen and oxygen atoms in total. The van der Waals surface area contributed by atoms with Crippen molar-refractivity contribution in [1.29, 1.82) is 0 Å². The van der Waals surface area contributed by atoms with Gasteiger partial charge >= 0.3 is 5.97 Å². The minimum absolute atomic E-state index is 0.0407. The van der Waals surface area contributed by atoms with Crippen LogP contribution in [0.25, 0.3) is 0 Å². The van der Waals surface area contributed by atoms with E-state index < -0.39 is 30.2 Å². The number of nitrogens with one attached hydrogen (secondary N) is 1. The van der Waals surface area contributed by atoms with E-state index >= 15 is 0 Å². The van der Waals surface area contributed by atoms with Gasteiger partial charge in [0, 0.05) is 13.5 Å². The van der Waals surface area contributed by atoms with Crippen LogP contribution in [-0.2, 0) is 19.1 Å². The van der Waals surface area contributed by atoms with E-state index in [-0.39, 0.29) is 13.0 Å². The van der Waals surface area contributed by atoms with Gasteiger partial charge in [0.1, 0.15) is 6.04 Å². The van der Waals surface area contributed by atoms with Crippen molar-refractivity contribution in [2.75, 3.05) is 13.7 Å². The van der Waals surface area contributed by atoms with E-state index in [2.05, 4.69) is 10.1 Å². The molecule has 0 fully saturated rings. The SMILES string of the molecule is COCCC(=O)N[C@@H](CC(N)=O)C(=O)O. The van der Waals surface area contributed by atoms with E-state index in [1.165, 1.54) is 7.11 Å². The number of carboxylic acid groups (broad SMARTS) is 1. The molecule has 4 N–H and O–H groups in total. The van der Waals surface area contributed by atoms with Crippen LogP contribution in [0.3, 0.4) is 0 Å². The summed E-state index contributed by atoms with van der Waals surface area (Å²) in [6.45, 7) is 0.189. The van der Waals surface area contributed by atoms with Gasteiger partial charge in [-0.15, -0.1) is 0 Å². The summed E-state index contributed by atoms with van der Waals surface area (Å²) < 4.78 is 4.64. The number of carbonyl (C=O) groups excluding carboxylic acids is 2. The number of nitrogens with two attached hydrogens (primary N) is 1. The highest BCUT2D eigenvalue weighted by Crippen LogP contribution is 1.93. The number of methoxy groups -OCH3 is 1. The Hall–Kier alpha value is -1.63. The van der Waals surface area contributed by atoms with E-state index in [9.17, 15) is 14.4 Å². The molecular weight excluding hydrogens is 204 g/mol. The van der Waals surface area contributed by atoms with Crippen molar-refractivity contribution in [2.24, 2.45) is 5.73 Å². The number of primary amides is 1. The van der Waals surface area contributed by atoms with Crippen molar-refractivity contribution in [3.8, 4) is 0 Å². The van der Waals surface area contributed by atoms with Crippen LogP contribution in [0, 0.1) is 0 Å². The number of rotatable bonds is 7. The summed E-state index contributed by atoms with van der Waals surface area (Å²) in [5.41, 5.74) is 4.83. The highest BCUT2D eigenvalue weighted by atomic mass is 16.5. The molecule has 0 aliphatic rings. The van der Waals surface area contributed by atoms with Crippen molar-refractivity contribution in [1.82, 2.24) is 5.32 Å². The average molecular weight is 218 g/mol. The summed E-state index contributed by atoms with van der Waals surface area (Å²) in [5.74, 6) is -2.57. The number of carbonyl (C=O) groups is 3. The highest BCUT2D eigenvalue weighted by Gasteiger charge is 2.21. The van der Waals surface area contributed by atoms with Gasteiger partial charge in [-0.2, -0.15) is 0 Å². The van der Waals surface area contributed by atoms with E-state index in [1.54, 1.807) is 0 Å². The lowest BCUT2D eigenvalue weighted by Crippen LogP contribution is -2.43. The molecule has 0 saturated heterocycles. The van der Waals surface area contributed by atoms with Crippen LogP contribution >= 0.6 is 0 Å². The van der Waals surface area contributed by atoms with Crippen LogP contribution in [0.15, 0.2) is 0 Å². The molecule has 0 aliphatic heterocycles. The first-order valence-electron chi connectivity index (χ1n) is 4.26. The molecule has 0 saturated carbocycles. The quantitative estimate of drug-likeness (QED) is 0.479. The summed E-state index contributed by atoms with van der Waals surface area (Å²) in [6, 6.07) is -1.27. The molecule has 2 amide bonds. The van der Waals surface area contributed by atoms with E-state index in [1.807, 2.05) is 0 Å². The smallest absolute Gasteiger partial charge is 0.326 e. The molecule has 0 aliphatic carbocycles. The number of hydrogen-bond donors (Lipinski definition) is 3. The normalized spacial score (nSPS) is 11.8. The highest BCUT2D eigenvalue weighted by molar-refractivity contribution is 5.88. The second-order valence-corrected chi connectivity index (χ2v) is 2.87. The fraction of sp³-hybridized carbons (Fsp3) is 0.625. The first-order chi connectivity index (χ1) is 6.97. The topological polar surface area (TPSA) is 119 Å². The lowest BCUT2D eigenvalue weighted by atomic mass is 10.2. The number of aliphatic carboxylic acids is 1. The number of hydrogen-bond acceptors (Lipinski definition) is 4. The Labute approximate surface area is 86.6 Å². The maximum absolute atomic E-state index is 11.1. The van der Waals surface area contributed by atoms with Gasteiger partial charge in [-0.1, -0.05) is 0 Å². The molecule has 86 valence electrons. The van der Waals surface area contributed by atoms with Crippen LogP contribution < -0.4 is 11.1 Å². The van der Waals surface area contributed by atoms with E-state index in [0.29, 0.717) is 0 Å². The van der Waals surface area contributed by atoms with Gasteiger partial charge in [-0.25, -0.2) is 4.79 Å². The Bertz CT molecular complexity index is 253. The largest absolute Gasteiger partial charge is 0.480 e. The molecule has 0 aromatic rings. The Balaban J connectivity index is 4.10. The molecule has 0 aromatic heterocycles.